The van der Waals surface area contributed by atoms with Gasteiger partial charge in [0.25, 0.3) is 0 Å². The van der Waals surface area contributed by atoms with Gasteiger partial charge in [0.2, 0.25) is 5.91 Å². The fourth-order valence-corrected chi connectivity index (χ4v) is 2.20. The molecule has 0 aliphatic heterocycles. The van der Waals surface area contributed by atoms with Gasteiger partial charge < -0.3 is 4.90 Å². The van der Waals surface area contributed by atoms with E-state index < -0.39 is 0 Å². The van der Waals surface area contributed by atoms with Gasteiger partial charge in [0, 0.05) is 18.0 Å². The van der Waals surface area contributed by atoms with E-state index in [1.54, 1.807) is 0 Å². The molecule has 0 aromatic carbocycles. The molecule has 1 fully saturated rings. The molecular formula is C13H25NO. The highest BCUT2D eigenvalue weighted by Gasteiger charge is 2.36. The molecule has 1 rings (SSSR count). The third-order valence-electron chi connectivity index (χ3n) is 2.98. The Kier molecular flexibility index (Phi) is 4.18. The summed E-state index contributed by atoms with van der Waals surface area (Å²) in [5.41, 5.74) is 0. The second-order valence-corrected chi connectivity index (χ2v) is 5.61. The number of nitrogens with zero attached hydrogens (tertiary/aromatic N) is 1. The summed E-state index contributed by atoms with van der Waals surface area (Å²) in [7, 11) is 0. The van der Waals surface area contributed by atoms with Crippen LogP contribution in [0.25, 0.3) is 0 Å². The standard InChI is InChI=1S/C13H25NO/c1-9(2)8-11(5)14(12-6-7-12)13(15)10(3)4/h9-12H,6-8H2,1-5H3/t11-/m0/s1. The Hall–Kier alpha value is -0.530. The van der Waals surface area contributed by atoms with Crippen molar-refractivity contribution in [3.05, 3.63) is 0 Å². The van der Waals surface area contributed by atoms with Crippen molar-refractivity contribution in [1.82, 2.24) is 4.90 Å². The topological polar surface area (TPSA) is 20.3 Å². The van der Waals surface area contributed by atoms with Gasteiger partial charge in [-0.15, -0.1) is 0 Å². The number of hydrogen-bond donors (Lipinski definition) is 0. The van der Waals surface area contributed by atoms with Gasteiger partial charge in [-0.1, -0.05) is 27.7 Å². The van der Waals surface area contributed by atoms with Gasteiger partial charge in [0.05, 0.1) is 0 Å². The molecule has 1 aliphatic rings. The summed E-state index contributed by atoms with van der Waals surface area (Å²) in [6, 6.07) is 0.959. The monoisotopic (exact) mass is 211 g/mol. The van der Waals surface area contributed by atoms with Crippen LogP contribution in [0, 0.1) is 11.8 Å². The van der Waals surface area contributed by atoms with Crippen LogP contribution in [0.4, 0.5) is 0 Å². The van der Waals surface area contributed by atoms with E-state index in [4.69, 9.17) is 0 Å². The van der Waals surface area contributed by atoms with Gasteiger partial charge in [0.15, 0.2) is 0 Å². The summed E-state index contributed by atoms with van der Waals surface area (Å²) in [5.74, 6) is 1.15. The van der Waals surface area contributed by atoms with Crippen molar-refractivity contribution in [3.63, 3.8) is 0 Å². The molecule has 1 atom stereocenters. The van der Waals surface area contributed by atoms with E-state index in [0.717, 1.165) is 6.42 Å². The largest absolute Gasteiger partial charge is 0.337 e. The van der Waals surface area contributed by atoms with Gasteiger partial charge in [-0.2, -0.15) is 0 Å². The first-order valence-electron chi connectivity index (χ1n) is 6.25. The molecule has 1 saturated carbocycles. The summed E-state index contributed by atoms with van der Waals surface area (Å²) in [4.78, 5) is 14.2. The molecule has 0 heterocycles. The van der Waals surface area contributed by atoms with Crippen LogP contribution in [0.5, 0.6) is 0 Å². The van der Waals surface area contributed by atoms with Crippen LogP contribution in [-0.4, -0.2) is 22.9 Å². The van der Waals surface area contributed by atoms with Crippen LogP contribution >= 0.6 is 0 Å². The van der Waals surface area contributed by atoms with Crippen LogP contribution in [0.1, 0.15) is 53.9 Å². The smallest absolute Gasteiger partial charge is 0.225 e. The summed E-state index contributed by atoms with van der Waals surface area (Å²) in [6.07, 6.45) is 3.54. The van der Waals surface area contributed by atoms with E-state index in [1.807, 2.05) is 13.8 Å². The second kappa shape index (κ2) is 5.00. The lowest BCUT2D eigenvalue weighted by Crippen LogP contribution is -2.43. The summed E-state index contributed by atoms with van der Waals surface area (Å²) in [5, 5.41) is 0. The zero-order valence-electron chi connectivity index (χ0n) is 10.8. The van der Waals surface area contributed by atoms with Crippen LogP contribution in [0.3, 0.4) is 0 Å². The second-order valence-electron chi connectivity index (χ2n) is 5.61. The normalized spacial score (nSPS) is 18.3. The van der Waals surface area contributed by atoms with Crippen molar-refractivity contribution in [3.8, 4) is 0 Å². The molecule has 1 amide bonds. The van der Waals surface area contributed by atoms with E-state index in [-0.39, 0.29) is 5.92 Å². The Bertz CT molecular complexity index is 219. The summed E-state index contributed by atoms with van der Waals surface area (Å²) >= 11 is 0. The minimum absolute atomic E-state index is 0.139. The van der Waals surface area contributed by atoms with Crippen LogP contribution in [0.15, 0.2) is 0 Å². The molecule has 0 saturated heterocycles. The fourth-order valence-electron chi connectivity index (χ4n) is 2.20. The molecule has 2 heteroatoms. The Morgan fingerprint density at radius 3 is 2.07 bits per heavy atom. The number of rotatable bonds is 5. The lowest BCUT2D eigenvalue weighted by Gasteiger charge is -2.32. The molecule has 0 bridgehead atoms. The van der Waals surface area contributed by atoms with E-state index in [9.17, 15) is 4.79 Å². The average Bonchev–Trinajstić information content (AvgIpc) is 2.86. The van der Waals surface area contributed by atoms with Crippen LogP contribution in [-0.2, 0) is 4.79 Å². The highest BCUT2D eigenvalue weighted by atomic mass is 16.2. The van der Waals surface area contributed by atoms with Gasteiger partial charge >= 0.3 is 0 Å². The van der Waals surface area contributed by atoms with Gasteiger partial charge in [0.1, 0.15) is 0 Å². The lowest BCUT2D eigenvalue weighted by molar-refractivity contribution is -0.137. The highest BCUT2D eigenvalue weighted by Crippen LogP contribution is 2.31. The zero-order chi connectivity index (χ0) is 11.6. The molecule has 0 radical (unpaired) electrons. The number of hydrogen-bond acceptors (Lipinski definition) is 1. The molecule has 88 valence electrons. The van der Waals surface area contributed by atoms with E-state index >= 15 is 0 Å². The molecule has 15 heavy (non-hydrogen) atoms. The number of carbonyl (C=O) groups is 1. The van der Waals surface area contributed by atoms with Crippen molar-refractivity contribution >= 4 is 5.91 Å². The number of carbonyl (C=O) groups excluding carboxylic acids is 1. The minimum Gasteiger partial charge on any atom is -0.337 e. The first-order chi connectivity index (χ1) is 6.93. The average molecular weight is 211 g/mol. The maximum Gasteiger partial charge on any atom is 0.225 e. The predicted octanol–water partition coefficient (Wildman–Crippen LogP) is 3.07. The van der Waals surface area contributed by atoms with Gasteiger partial charge in [-0.3, -0.25) is 4.79 Å². The quantitative estimate of drug-likeness (QED) is 0.684. The SMILES string of the molecule is CC(C)C[C@H](C)N(C(=O)C(C)C)C1CC1. The zero-order valence-corrected chi connectivity index (χ0v) is 10.8. The third-order valence-corrected chi connectivity index (χ3v) is 2.98. The molecule has 2 nitrogen and oxygen atoms in total. The van der Waals surface area contributed by atoms with E-state index in [2.05, 4.69) is 25.7 Å². The Balaban J connectivity index is 2.60. The van der Waals surface area contributed by atoms with Gasteiger partial charge in [-0.25, -0.2) is 0 Å². The predicted molar refractivity (Wildman–Crippen MR) is 63.6 cm³/mol. The molecule has 0 unspecified atom stereocenters. The Morgan fingerprint density at radius 2 is 1.73 bits per heavy atom. The van der Waals surface area contributed by atoms with E-state index in [0.29, 0.717) is 23.9 Å². The van der Waals surface area contributed by atoms with Crippen LogP contribution in [0.2, 0.25) is 0 Å². The highest BCUT2D eigenvalue weighted by molar-refractivity contribution is 5.79. The molecule has 1 aliphatic carbocycles. The van der Waals surface area contributed by atoms with Crippen molar-refractivity contribution in [2.45, 2.75) is 66.0 Å². The van der Waals surface area contributed by atoms with E-state index in [1.165, 1.54) is 12.8 Å². The Morgan fingerprint density at radius 1 is 1.20 bits per heavy atom. The van der Waals surface area contributed by atoms with Crippen molar-refractivity contribution < 1.29 is 4.79 Å². The minimum atomic E-state index is 0.139. The van der Waals surface area contributed by atoms with Gasteiger partial charge in [-0.05, 0) is 32.1 Å². The summed E-state index contributed by atoms with van der Waals surface area (Å²) < 4.78 is 0. The van der Waals surface area contributed by atoms with Crippen molar-refractivity contribution in [2.24, 2.45) is 11.8 Å². The first kappa shape index (κ1) is 12.5. The maximum atomic E-state index is 12.1. The molecule has 0 N–H and O–H groups in total. The third kappa shape index (κ3) is 3.51. The fraction of sp³-hybridized carbons (Fsp3) is 0.923. The maximum absolute atomic E-state index is 12.1. The first-order valence-corrected chi connectivity index (χ1v) is 6.25. The number of amides is 1. The molecule has 0 aromatic rings. The van der Waals surface area contributed by atoms with Crippen LogP contribution < -0.4 is 0 Å². The molecule has 0 aromatic heterocycles. The summed E-state index contributed by atoms with van der Waals surface area (Å²) in [6.45, 7) is 10.6. The van der Waals surface area contributed by atoms with Crippen molar-refractivity contribution in [2.75, 3.05) is 0 Å². The molecule has 0 spiro atoms. The van der Waals surface area contributed by atoms with Crippen molar-refractivity contribution in [1.29, 1.82) is 0 Å². The molecular weight excluding hydrogens is 186 g/mol. The lowest BCUT2D eigenvalue weighted by atomic mass is 10.0. The Labute approximate surface area is 94.0 Å².